The number of carbonyl (C=O) groups is 2. The van der Waals surface area contributed by atoms with Gasteiger partial charge in [-0.15, -0.1) is 0 Å². The van der Waals surface area contributed by atoms with Gasteiger partial charge in [0.15, 0.2) is 11.9 Å². The highest BCUT2D eigenvalue weighted by Gasteiger charge is 2.21. The van der Waals surface area contributed by atoms with Gasteiger partial charge in [0.05, 0.1) is 10.5 Å². The van der Waals surface area contributed by atoms with Crippen molar-refractivity contribution in [2.75, 3.05) is 12.4 Å². The van der Waals surface area contributed by atoms with Crippen molar-refractivity contribution >= 4 is 27.7 Å². The molecule has 2 aromatic rings. The summed E-state index contributed by atoms with van der Waals surface area (Å²) in [4.78, 5) is 24.0. The second-order valence-corrected chi connectivity index (χ2v) is 6.98. The van der Waals surface area contributed by atoms with Crippen molar-refractivity contribution in [3.63, 3.8) is 0 Å². The van der Waals surface area contributed by atoms with E-state index in [9.17, 15) is 18.0 Å². The first kappa shape index (κ1) is 18.6. The molecule has 0 radical (unpaired) electrons. The number of aryl methyl sites for hydroxylation is 1. The molecule has 1 atom stereocenters. The Bertz CT molecular complexity index is 890. The largest absolute Gasteiger partial charge is 0.449 e. The van der Waals surface area contributed by atoms with Gasteiger partial charge in [-0.05, 0) is 39.1 Å². The molecule has 0 saturated carbocycles. The number of nitrogens with one attached hydrogen (secondary N) is 2. The van der Waals surface area contributed by atoms with E-state index in [1.807, 2.05) is 0 Å². The van der Waals surface area contributed by atoms with Crippen molar-refractivity contribution in [3.8, 4) is 0 Å². The minimum absolute atomic E-state index is 0.00764. The number of sulfonamides is 1. The average Bonchev–Trinajstić information content (AvgIpc) is 2.99. The Morgan fingerprint density at radius 1 is 1.28 bits per heavy atom. The van der Waals surface area contributed by atoms with Gasteiger partial charge in [-0.25, -0.2) is 17.9 Å². The molecule has 134 valence electrons. The first-order valence-electron chi connectivity index (χ1n) is 7.21. The number of anilines is 1. The van der Waals surface area contributed by atoms with Crippen LogP contribution in [0.4, 0.5) is 5.82 Å². The molecule has 2 rings (SSSR count). The maximum absolute atomic E-state index is 12.1. The van der Waals surface area contributed by atoms with Crippen LogP contribution in [0.2, 0.25) is 0 Å². The Morgan fingerprint density at radius 3 is 2.60 bits per heavy atom. The zero-order chi connectivity index (χ0) is 18.6. The molecule has 10 heteroatoms. The number of amides is 1. The smallest absolute Gasteiger partial charge is 0.338 e. The third kappa shape index (κ3) is 4.64. The number of nitrogens with zero attached hydrogens (tertiary/aromatic N) is 1. The third-order valence-corrected chi connectivity index (χ3v) is 4.59. The maximum atomic E-state index is 12.1. The molecule has 9 nitrogen and oxygen atoms in total. The normalized spacial score (nSPS) is 12.4. The van der Waals surface area contributed by atoms with E-state index in [0.29, 0.717) is 5.76 Å². The van der Waals surface area contributed by atoms with Crippen LogP contribution in [0.25, 0.3) is 0 Å². The minimum atomic E-state index is -3.69. The summed E-state index contributed by atoms with van der Waals surface area (Å²) in [6, 6.07) is 6.82. The summed E-state index contributed by atoms with van der Waals surface area (Å²) in [5.74, 6) is -0.706. The van der Waals surface area contributed by atoms with E-state index < -0.39 is 28.0 Å². The molecule has 1 aromatic carbocycles. The van der Waals surface area contributed by atoms with Crippen LogP contribution in [0.3, 0.4) is 0 Å². The number of hydrogen-bond acceptors (Lipinski definition) is 7. The predicted molar refractivity (Wildman–Crippen MR) is 87.4 cm³/mol. The molecule has 1 aromatic heterocycles. The number of rotatable bonds is 6. The van der Waals surface area contributed by atoms with Crippen LogP contribution < -0.4 is 10.0 Å². The molecule has 0 saturated heterocycles. The van der Waals surface area contributed by atoms with Crippen LogP contribution in [-0.4, -0.2) is 38.6 Å². The Hall–Kier alpha value is -2.72. The fraction of sp³-hybridized carbons (Fsp3) is 0.267. The average molecular weight is 367 g/mol. The molecule has 2 N–H and O–H groups in total. The molecule has 1 amide bonds. The molecule has 1 heterocycles. The van der Waals surface area contributed by atoms with E-state index in [4.69, 9.17) is 9.26 Å². The van der Waals surface area contributed by atoms with Gasteiger partial charge in [-0.3, -0.25) is 4.79 Å². The highest BCUT2D eigenvalue weighted by molar-refractivity contribution is 7.89. The molecular formula is C15H17N3O6S. The lowest BCUT2D eigenvalue weighted by atomic mass is 10.2. The zero-order valence-corrected chi connectivity index (χ0v) is 14.6. The van der Waals surface area contributed by atoms with Gasteiger partial charge in [0, 0.05) is 6.07 Å². The molecule has 0 aliphatic rings. The third-order valence-electron chi connectivity index (χ3n) is 3.18. The lowest BCUT2D eigenvalue weighted by Gasteiger charge is -2.12. The van der Waals surface area contributed by atoms with E-state index in [1.165, 1.54) is 44.3 Å². The summed E-state index contributed by atoms with van der Waals surface area (Å²) < 4.78 is 35.6. The van der Waals surface area contributed by atoms with Gasteiger partial charge in [0.1, 0.15) is 5.76 Å². The Labute approximate surface area is 144 Å². The number of benzene rings is 1. The predicted octanol–water partition coefficient (Wildman–Crippen LogP) is 1.08. The number of esters is 1. The van der Waals surface area contributed by atoms with Crippen molar-refractivity contribution in [3.05, 3.63) is 41.7 Å². The molecule has 25 heavy (non-hydrogen) atoms. The van der Waals surface area contributed by atoms with Gasteiger partial charge in [0.25, 0.3) is 5.91 Å². The topological polar surface area (TPSA) is 128 Å². The first-order valence-corrected chi connectivity index (χ1v) is 8.70. The van der Waals surface area contributed by atoms with Gasteiger partial charge >= 0.3 is 5.97 Å². The van der Waals surface area contributed by atoms with Crippen LogP contribution in [0, 0.1) is 6.92 Å². The second kappa shape index (κ2) is 7.45. The molecule has 0 bridgehead atoms. The maximum Gasteiger partial charge on any atom is 0.338 e. The van der Waals surface area contributed by atoms with Gasteiger partial charge in [0.2, 0.25) is 10.0 Å². The van der Waals surface area contributed by atoms with Gasteiger partial charge < -0.3 is 14.6 Å². The summed E-state index contributed by atoms with van der Waals surface area (Å²) in [7, 11) is -2.43. The lowest BCUT2D eigenvalue weighted by Crippen LogP contribution is -2.30. The fourth-order valence-corrected chi connectivity index (χ4v) is 2.62. The van der Waals surface area contributed by atoms with Crippen molar-refractivity contribution in [2.24, 2.45) is 0 Å². The van der Waals surface area contributed by atoms with Gasteiger partial charge in [-0.1, -0.05) is 11.2 Å². The number of carbonyl (C=O) groups excluding carboxylic acids is 2. The quantitative estimate of drug-likeness (QED) is 0.731. The van der Waals surface area contributed by atoms with Crippen LogP contribution in [0.15, 0.2) is 39.8 Å². The summed E-state index contributed by atoms with van der Waals surface area (Å²) in [5, 5.41) is 6.04. The van der Waals surface area contributed by atoms with Crippen LogP contribution in [0.1, 0.15) is 23.0 Å². The highest BCUT2D eigenvalue weighted by atomic mass is 32.2. The Morgan fingerprint density at radius 2 is 2.00 bits per heavy atom. The van der Waals surface area contributed by atoms with Crippen LogP contribution >= 0.6 is 0 Å². The molecule has 0 spiro atoms. The van der Waals surface area contributed by atoms with E-state index in [0.717, 1.165) is 0 Å². The minimum Gasteiger partial charge on any atom is -0.449 e. The lowest BCUT2D eigenvalue weighted by molar-refractivity contribution is -0.123. The molecule has 0 unspecified atom stereocenters. The van der Waals surface area contributed by atoms with E-state index in [1.54, 1.807) is 6.92 Å². The first-order chi connectivity index (χ1) is 11.7. The number of ether oxygens (including phenoxy) is 1. The van der Waals surface area contributed by atoms with Crippen molar-refractivity contribution in [2.45, 2.75) is 24.8 Å². The van der Waals surface area contributed by atoms with Crippen molar-refractivity contribution < 1.29 is 27.3 Å². The summed E-state index contributed by atoms with van der Waals surface area (Å²) in [6.45, 7) is 3.05. The standard InChI is InChI=1S/C15H17N3O6S/c1-9-7-13(18-24-9)17-14(19)10(2)23-15(20)11-5-4-6-12(8-11)25(21,22)16-3/h4-8,10,16H,1-3H3,(H,17,18,19)/t10-/m0/s1. The van der Waals surface area contributed by atoms with E-state index in [2.05, 4.69) is 15.2 Å². The fourth-order valence-electron chi connectivity index (χ4n) is 1.84. The Balaban J connectivity index is 2.06. The summed E-state index contributed by atoms with van der Waals surface area (Å²) in [5.41, 5.74) is 0.00764. The van der Waals surface area contributed by atoms with E-state index in [-0.39, 0.29) is 16.3 Å². The highest BCUT2D eigenvalue weighted by Crippen LogP contribution is 2.13. The Kier molecular flexibility index (Phi) is 5.55. The summed E-state index contributed by atoms with van der Waals surface area (Å²) >= 11 is 0. The van der Waals surface area contributed by atoms with E-state index >= 15 is 0 Å². The van der Waals surface area contributed by atoms with Crippen LogP contribution in [-0.2, 0) is 19.6 Å². The summed E-state index contributed by atoms with van der Waals surface area (Å²) in [6.07, 6.45) is -1.12. The zero-order valence-electron chi connectivity index (χ0n) is 13.8. The molecular weight excluding hydrogens is 350 g/mol. The number of hydrogen-bond donors (Lipinski definition) is 2. The monoisotopic (exact) mass is 367 g/mol. The van der Waals surface area contributed by atoms with Gasteiger partial charge in [-0.2, -0.15) is 0 Å². The second-order valence-electron chi connectivity index (χ2n) is 5.09. The van der Waals surface area contributed by atoms with Crippen molar-refractivity contribution in [1.29, 1.82) is 0 Å². The number of aromatic nitrogens is 1. The molecule has 0 aliphatic carbocycles. The molecule has 0 fully saturated rings. The SMILES string of the molecule is CNS(=O)(=O)c1cccc(C(=O)O[C@@H](C)C(=O)Nc2cc(C)on2)c1. The van der Waals surface area contributed by atoms with Crippen molar-refractivity contribution in [1.82, 2.24) is 9.88 Å². The molecule has 0 aliphatic heterocycles. The van der Waals surface area contributed by atoms with Crippen LogP contribution in [0.5, 0.6) is 0 Å².